The van der Waals surface area contributed by atoms with Gasteiger partial charge in [-0.25, -0.2) is 9.59 Å². The first-order chi connectivity index (χ1) is 17.8. The summed E-state index contributed by atoms with van der Waals surface area (Å²) in [6.45, 7) is 3.30. The van der Waals surface area contributed by atoms with Crippen LogP contribution in [0.4, 0.5) is 5.69 Å². The molecule has 3 aromatic rings. The number of allylic oxidation sites excluding steroid dienone is 1. The van der Waals surface area contributed by atoms with Crippen molar-refractivity contribution in [2.24, 2.45) is 5.73 Å². The second kappa shape index (κ2) is 10.7. The molecule has 0 saturated heterocycles. The summed E-state index contributed by atoms with van der Waals surface area (Å²) < 4.78 is 11.3. The number of nitrogens with two attached hydrogens (primary N) is 1. The van der Waals surface area contributed by atoms with Crippen molar-refractivity contribution >= 4 is 44.5 Å². The number of benzene rings is 2. The summed E-state index contributed by atoms with van der Waals surface area (Å²) in [6, 6.07) is 17.3. The maximum Gasteiger partial charge on any atom is 0.355 e. The number of fused-ring (bicyclic) bond motifs is 1. The lowest BCUT2D eigenvalue weighted by Crippen LogP contribution is -2.41. The van der Waals surface area contributed by atoms with Gasteiger partial charge in [0.2, 0.25) is 5.56 Å². The number of aromatic nitrogens is 1. The number of anilines is 1. The van der Waals surface area contributed by atoms with E-state index in [4.69, 9.17) is 15.2 Å². The van der Waals surface area contributed by atoms with Crippen LogP contribution >= 0.6 is 15.9 Å². The van der Waals surface area contributed by atoms with Gasteiger partial charge in [-0.15, -0.1) is 0 Å². The Morgan fingerprint density at radius 3 is 2.41 bits per heavy atom. The zero-order chi connectivity index (χ0) is 26.7. The number of H-pyrrole nitrogens is 1. The standard InChI is InChI=1S/C27H23BrN4O5/c1-3-36-26(34)23-22(16-13-21(33)31-19-11-7-5-9-15(16)19)17(14-29)25(30)32(24(23)27(35)37-4-2)20-12-8-6-10-18(20)28/h5-13,22H,3-4,30H2,1-2H3,(H,31,33). The summed E-state index contributed by atoms with van der Waals surface area (Å²) in [5.74, 6) is -2.92. The van der Waals surface area contributed by atoms with Gasteiger partial charge in [-0.2, -0.15) is 5.26 Å². The van der Waals surface area contributed by atoms with Crippen LogP contribution in [-0.2, 0) is 19.1 Å². The van der Waals surface area contributed by atoms with Gasteiger partial charge in [0.25, 0.3) is 0 Å². The molecular weight excluding hydrogens is 540 g/mol. The maximum absolute atomic E-state index is 13.6. The van der Waals surface area contributed by atoms with E-state index in [9.17, 15) is 19.6 Å². The minimum atomic E-state index is -1.17. The Kier molecular flexibility index (Phi) is 7.45. The third-order valence-electron chi connectivity index (χ3n) is 5.84. The number of aromatic amines is 1. The van der Waals surface area contributed by atoms with Gasteiger partial charge in [0.05, 0.1) is 42.0 Å². The fourth-order valence-electron chi connectivity index (χ4n) is 4.40. The number of halogens is 1. The lowest BCUT2D eigenvalue weighted by Gasteiger charge is -2.36. The molecule has 0 fully saturated rings. The molecule has 4 rings (SSSR count). The average molecular weight is 563 g/mol. The molecule has 0 bridgehead atoms. The van der Waals surface area contributed by atoms with Crippen molar-refractivity contribution in [2.75, 3.05) is 18.1 Å². The SMILES string of the molecule is CCOC(=O)C1=C(C(=O)OCC)N(c2ccccc2Br)C(N)=C(C#N)C1c1cc(=O)[nH]c2ccccc12. The number of nitrogens with one attached hydrogen (secondary N) is 1. The van der Waals surface area contributed by atoms with E-state index in [0.29, 0.717) is 26.6 Å². The van der Waals surface area contributed by atoms with Gasteiger partial charge < -0.3 is 20.2 Å². The molecule has 0 amide bonds. The van der Waals surface area contributed by atoms with Crippen LogP contribution in [0.15, 0.2) is 86.5 Å². The van der Waals surface area contributed by atoms with E-state index < -0.39 is 23.4 Å². The quantitative estimate of drug-likeness (QED) is 0.430. The fourth-order valence-corrected chi connectivity index (χ4v) is 4.86. The minimum absolute atomic E-state index is 0.0113. The second-order valence-electron chi connectivity index (χ2n) is 7.97. The molecule has 1 unspecified atom stereocenters. The van der Waals surface area contributed by atoms with Crippen molar-refractivity contribution < 1.29 is 19.1 Å². The topological polar surface area (TPSA) is 139 Å². The van der Waals surface area contributed by atoms with Crippen molar-refractivity contribution in [3.05, 3.63) is 97.7 Å². The zero-order valence-corrected chi connectivity index (χ0v) is 21.7. The lowest BCUT2D eigenvalue weighted by molar-refractivity contribution is -0.142. The van der Waals surface area contributed by atoms with E-state index in [0.717, 1.165) is 0 Å². The molecule has 0 aliphatic carbocycles. The Morgan fingerprint density at radius 1 is 1.08 bits per heavy atom. The van der Waals surface area contributed by atoms with E-state index in [-0.39, 0.29) is 35.9 Å². The van der Waals surface area contributed by atoms with Crippen LogP contribution in [0.2, 0.25) is 0 Å². The Hall–Kier alpha value is -4.36. The number of carbonyl (C=O) groups excluding carboxylic acids is 2. The molecule has 2 aromatic carbocycles. The number of nitrogens with zero attached hydrogens (tertiary/aromatic N) is 2. The van der Waals surface area contributed by atoms with Crippen molar-refractivity contribution in [1.29, 1.82) is 5.26 Å². The Morgan fingerprint density at radius 2 is 1.73 bits per heavy atom. The fraction of sp³-hybridized carbons (Fsp3) is 0.185. The van der Waals surface area contributed by atoms with Gasteiger partial charge in [-0.05, 0) is 53.5 Å². The van der Waals surface area contributed by atoms with Crippen LogP contribution < -0.4 is 16.2 Å². The summed E-state index contributed by atoms with van der Waals surface area (Å²) in [4.78, 5) is 43.8. The highest BCUT2D eigenvalue weighted by atomic mass is 79.9. The molecule has 37 heavy (non-hydrogen) atoms. The van der Waals surface area contributed by atoms with E-state index in [1.807, 2.05) is 0 Å². The van der Waals surface area contributed by atoms with Crippen LogP contribution in [0.3, 0.4) is 0 Å². The zero-order valence-electron chi connectivity index (χ0n) is 20.1. The normalized spacial score (nSPS) is 15.5. The van der Waals surface area contributed by atoms with Crippen LogP contribution in [0.5, 0.6) is 0 Å². The van der Waals surface area contributed by atoms with E-state index in [1.165, 1.54) is 11.0 Å². The van der Waals surface area contributed by atoms with Crippen LogP contribution in [-0.4, -0.2) is 30.1 Å². The second-order valence-corrected chi connectivity index (χ2v) is 8.82. The highest BCUT2D eigenvalue weighted by molar-refractivity contribution is 9.10. The van der Waals surface area contributed by atoms with Crippen LogP contribution in [0.25, 0.3) is 10.9 Å². The molecule has 0 radical (unpaired) electrons. The molecule has 0 spiro atoms. The minimum Gasteiger partial charge on any atom is -0.463 e. The summed E-state index contributed by atoms with van der Waals surface area (Å²) in [5, 5.41) is 10.9. The molecule has 10 heteroatoms. The average Bonchev–Trinajstić information content (AvgIpc) is 2.88. The number of rotatable bonds is 6. The number of pyridine rings is 1. The van der Waals surface area contributed by atoms with Gasteiger partial charge >= 0.3 is 11.9 Å². The summed E-state index contributed by atoms with van der Waals surface area (Å²) in [5.41, 5.74) is 7.00. The van der Waals surface area contributed by atoms with Crippen LogP contribution in [0.1, 0.15) is 25.3 Å². The van der Waals surface area contributed by atoms with E-state index >= 15 is 0 Å². The predicted molar refractivity (Wildman–Crippen MR) is 141 cm³/mol. The molecule has 2 heterocycles. The van der Waals surface area contributed by atoms with Crippen molar-refractivity contribution in [3.8, 4) is 6.07 Å². The highest BCUT2D eigenvalue weighted by Crippen LogP contribution is 2.45. The van der Waals surface area contributed by atoms with Gasteiger partial charge in [0, 0.05) is 21.4 Å². The number of ether oxygens (including phenoxy) is 2. The highest BCUT2D eigenvalue weighted by Gasteiger charge is 2.44. The monoisotopic (exact) mass is 562 g/mol. The van der Waals surface area contributed by atoms with Gasteiger partial charge in [0.1, 0.15) is 11.5 Å². The first-order valence-corrected chi connectivity index (χ1v) is 12.3. The van der Waals surface area contributed by atoms with Crippen molar-refractivity contribution in [1.82, 2.24) is 4.98 Å². The number of hydrogen-bond donors (Lipinski definition) is 2. The molecule has 0 saturated carbocycles. The molecule has 1 aliphatic heterocycles. The summed E-state index contributed by atoms with van der Waals surface area (Å²) in [7, 11) is 0. The molecule has 1 aromatic heterocycles. The first-order valence-electron chi connectivity index (χ1n) is 11.5. The number of para-hydroxylation sites is 2. The summed E-state index contributed by atoms with van der Waals surface area (Å²) in [6.07, 6.45) is 0. The van der Waals surface area contributed by atoms with Gasteiger partial charge in [-0.1, -0.05) is 30.3 Å². The number of carbonyl (C=O) groups is 2. The Balaban J connectivity index is 2.17. The Labute approximate surface area is 220 Å². The number of hydrogen-bond acceptors (Lipinski definition) is 8. The van der Waals surface area contributed by atoms with Crippen LogP contribution in [0, 0.1) is 11.3 Å². The molecular formula is C27H23BrN4O5. The third-order valence-corrected chi connectivity index (χ3v) is 6.51. The number of nitriles is 1. The first kappa shape index (κ1) is 25.7. The van der Waals surface area contributed by atoms with Crippen molar-refractivity contribution in [3.63, 3.8) is 0 Å². The van der Waals surface area contributed by atoms with Gasteiger partial charge in [0.15, 0.2) is 0 Å². The van der Waals surface area contributed by atoms with E-state index in [1.54, 1.807) is 62.4 Å². The van der Waals surface area contributed by atoms with Gasteiger partial charge in [-0.3, -0.25) is 9.69 Å². The lowest BCUT2D eigenvalue weighted by atomic mass is 9.79. The third kappa shape index (κ3) is 4.61. The van der Waals surface area contributed by atoms with Crippen molar-refractivity contribution in [2.45, 2.75) is 19.8 Å². The van der Waals surface area contributed by atoms with E-state index in [2.05, 4.69) is 27.0 Å². The maximum atomic E-state index is 13.6. The molecule has 9 nitrogen and oxygen atoms in total. The Bertz CT molecular complexity index is 1570. The molecule has 1 aliphatic rings. The predicted octanol–water partition coefficient (Wildman–Crippen LogP) is 3.97. The molecule has 3 N–H and O–H groups in total. The largest absolute Gasteiger partial charge is 0.463 e. The number of esters is 2. The summed E-state index contributed by atoms with van der Waals surface area (Å²) >= 11 is 3.47. The molecule has 188 valence electrons. The molecule has 1 atom stereocenters. The smallest absolute Gasteiger partial charge is 0.355 e.